The highest BCUT2D eigenvalue weighted by molar-refractivity contribution is 7.07. The molecule has 1 heterocycles. The first-order chi connectivity index (χ1) is 10.1. The molecule has 0 bridgehead atoms. The molecule has 0 aliphatic rings. The van der Waals surface area contributed by atoms with Crippen molar-refractivity contribution in [3.63, 3.8) is 0 Å². The minimum Gasteiger partial charge on any atom is -0.352 e. The molecule has 112 valence electrons. The predicted molar refractivity (Wildman–Crippen MR) is 88.4 cm³/mol. The number of rotatable bonds is 7. The number of nitrogens with two attached hydrogens (primary N) is 1. The Morgan fingerprint density at radius 1 is 1.24 bits per heavy atom. The monoisotopic (exact) mass is 302 g/mol. The van der Waals surface area contributed by atoms with Crippen molar-refractivity contribution in [1.82, 2.24) is 5.32 Å². The average Bonchev–Trinajstić information content (AvgIpc) is 2.98. The molecule has 1 amide bonds. The first-order valence-corrected chi connectivity index (χ1v) is 8.20. The van der Waals surface area contributed by atoms with Gasteiger partial charge in [-0.1, -0.05) is 30.3 Å². The first-order valence-electron chi connectivity index (χ1n) is 7.26. The second kappa shape index (κ2) is 7.96. The van der Waals surface area contributed by atoms with E-state index in [1.54, 1.807) is 11.3 Å². The molecule has 2 aromatic rings. The highest BCUT2D eigenvalue weighted by atomic mass is 32.1. The lowest BCUT2D eigenvalue weighted by atomic mass is 10.0. The van der Waals surface area contributed by atoms with Crippen molar-refractivity contribution in [2.75, 3.05) is 0 Å². The summed E-state index contributed by atoms with van der Waals surface area (Å²) in [5.41, 5.74) is 8.45. The van der Waals surface area contributed by atoms with E-state index in [1.807, 2.05) is 25.1 Å². The molecule has 0 aliphatic heterocycles. The lowest BCUT2D eigenvalue weighted by molar-refractivity contribution is -0.123. The van der Waals surface area contributed by atoms with Crippen LogP contribution in [0, 0.1) is 0 Å². The van der Waals surface area contributed by atoms with Crippen molar-refractivity contribution in [2.45, 2.75) is 38.3 Å². The molecule has 1 aromatic heterocycles. The molecule has 4 heteroatoms. The van der Waals surface area contributed by atoms with Gasteiger partial charge in [0, 0.05) is 6.04 Å². The van der Waals surface area contributed by atoms with Crippen molar-refractivity contribution in [3.8, 4) is 0 Å². The number of aryl methyl sites for hydroxylation is 1. The maximum absolute atomic E-state index is 12.1. The van der Waals surface area contributed by atoms with E-state index in [1.165, 1.54) is 11.1 Å². The van der Waals surface area contributed by atoms with Crippen molar-refractivity contribution < 1.29 is 4.79 Å². The van der Waals surface area contributed by atoms with Crippen LogP contribution in [0.25, 0.3) is 0 Å². The maximum atomic E-state index is 12.1. The van der Waals surface area contributed by atoms with Gasteiger partial charge in [0.05, 0.1) is 6.04 Å². The van der Waals surface area contributed by atoms with Crippen LogP contribution in [0.1, 0.15) is 24.5 Å². The Morgan fingerprint density at radius 2 is 2.00 bits per heavy atom. The molecule has 0 aliphatic carbocycles. The molecule has 2 unspecified atom stereocenters. The normalized spacial score (nSPS) is 13.6. The minimum absolute atomic E-state index is 0.0614. The van der Waals surface area contributed by atoms with Gasteiger partial charge in [0.2, 0.25) is 5.91 Å². The smallest absolute Gasteiger partial charge is 0.237 e. The summed E-state index contributed by atoms with van der Waals surface area (Å²) in [5.74, 6) is -0.0614. The summed E-state index contributed by atoms with van der Waals surface area (Å²) in [5, 5.41) is 7.16. The van der Waals surface area contributed by atoms with Crippen molar-refractivity contribution >= 4 is 17.2 Å². The van der Waals surface area contributed by atoms with Crippen LogP contribution in [-0.4, -0.2) is 18.0 Å². The summed E-state index contributed by atoms with van der Waals surface area (Å²) >= 11 is 1.68. The topological polar surface area (TPSA) is 55.1 Å². The number of benzene rings is 1. The van der Waals surface area contributed by atoms with Gasteiger partial charge in [0.15, 0.2) is 0 Å². The molecule has 21 heavy (non-hydrogen) atoms. The van der Waals surface area contributed by atoms with Gasteiger partial charge in [0.1, 0.15) is 0 Å². The lowest BCUT2D eigenvalue weighted by Crippen LogP contribution is -2.45. The Hall–Kier alpha value is -1.65. The van der Waals surface area contributed by atoms with Gasteiger partial charge in [-0.25, -0.2) is 0 Å². The van der Waals surface area contributed by atoms with Gasteiger partial charge in [-0.05, 0) is 54.1 Å². The van der Waals surface area contributed by atoms with E-state index >= 15 is 0 Å². The number of thiophene rings is 1. The lowest BCUT2D eigenvalue weighted by Gasteiger charge is -2.17. The van der Waals surface area contributed by atoms with E-state index in [2.05, 4.69) is 34.3 Å². The summed E-state index contributed by atoms with van der Waals surface area (Å²) in [7, 11) is 0. The molecule has 0 fully saturated rings. The Balaban J connectivity index is 1.74. The third-order valence-corrected chi connectivity index (χ3v) is 4.17. The van der Waals surface area contributed by atoms with E-state index < -0.39 is 6.04 Å². The number of carbonyl (C=O) groups excluding carboxylic acids is 1. The van der Waals surface area contributed by atoms with Gasteiger partial charge in [-0.3, -0.25) is 4.79 Å². The molecule has 2 atom stereocenters. The van der Waals surface area contributed by atoms with E-state index in [0.717, 1.165) is 12.8 Å². The van der Waals surface area contributed by atoms with Gasteiger partial charge in [-0.2, -0.15) is 11.3 Å². The Kier molecular flexibility index (Phi) is 5.96. The van der Waals surface area contributed by atoms with Crippen LogP contribution in [0.4, 0.5) is 0 Å². The number of hydrogen-bond acceptors (Lipinski definition) is 3. The fraction of sp³-hybridized carbons (Fsp3) is 0.353. The summed E-state index contributed by atoms with van der Waals surface area (Å²) in [6, 6.07) is 11.9. The zero-order chi connectivity index (χ0) is 15.1. The molecular formula is C17H22N2OS. The van der Waals surface area contributed by atoms with Crippen LogP contribution in [0.15, 0.2) is 47.2 Å². The van der Waals surface area contributed by atoms with Gasteiger partial charge < -0.3 is 11.1 Å². The Morgan fingerprint density at radius 3 is 2.67 bits per heavy atom. The average molecular weight is 302 g/mol. The quantitative estimate of drug-likeness (QED) is 0.826. The van der Waals surface area contributed by atoms with Crippen LogP contribution in [-0.2, 0) is 17.6 Å². The van der Waals surface area contributed by atoms with Crippen LogP contribution in [0.3, 0.4) is 0 Å². The molecular weight excluding hydrogens is 280 g/mol. The summed E-state index contributed by atoms with van der Waals surface area (Å²) in [6.07, 6.45) is 2.34. The maximum Gasteiger partial charge on any atom is 0.237 e. The van der Waals surface area contributed by atoms with Crippen LogP contribution in [0.5, 0.6) is 0 Å². The SMILES string of the molecule is CC(Cc1ccsc1)NC(=O)C(N)CCc1ccccc1. The number of amides is 1. The number of hydrogen-bond donors (Lipinski definition) is 2. The molecule has 3 nitrogen and oxygen atoms in total. The third-order valence-electron chi connectivity index (χ3n) is 3.43. The van der Waals surface area contributed by atoms with Crippen molar-refractivity contribution in [3.05, 3.63) is 58.3 Å². The molecule has 3 N–H and O–H groups in total. The zero-order valence-corrected chi connectivity index (χ0v) is 13.1. The Bertz CT molecular complexity index is 539. The molecule has 0 spiro atoms. The molecule has 0 saturated heterocycles. The zero-order valence-electron chi connectivity index (χ0n) is 12.3. The van der Waals surface area contributed by atoms with Crippen LogP contribution >= 0.6 is 11.3 Å². The van der Waals surface area contributed by atoms with Crippen LogP contribution < -0.4 is 11.1 Å². The minimum atomic E-state index is -0.449. The second-order valence-electron chi connectivity index (χ2n) is 5.38. The largest absolute Gasteiger partial charge is 0.352 e. The standard InChI is InChI=1S/C17H22N2OS/c1-13(11-15-9-10-21-12-15)19-17(20)16(18)8-7-14-5-3-2-4-6-14/h2-6,9-10,12-13,16H,7-8,11,18H2,1H3,(H,19,20). The molecule has 2 rings (SSSR count). The van der Waals surface area contributed by atoms with E-state index in [-0.39, 0.29) is 11.9 Å². The number of nitrogens with one attached hydrogen (secondary N) is 1. The van der Waals surface area contributed by atoms with Crippen LogP contribution in [0.2, 0.25) is 0 Å². The third kappa shape index (κ3) is 5.33. The Labute approximate surface area is 130 Å². The van der Waals surface area contributed by atoms with Gasteiger partial charge in [0.25, 0.3) is 0 Å². The van der Waals surface area contributed by atoms with Crippen molar-refractivity contribution in [2.24, 2.45) is 5.73 Å². The van der Waals surface area contributed by atoms with E-state index in [0.29, 0.717) is 6.42 Å². The summed E-state index contributed by atoms with van der Waals surface area (Å²) in [6.45, 7) is 2.01. The van der Waals surface area contributed by atoms with Gasteiger partial charge in [-0.15, -0.1) is 0 Å². The molecule has 1 aromatic carbocycles. The van der Waals surface area contributed by atoms with Crippen molar-refractivity contribution in [1.29, 1.82) is 0 Å². The molecule has 0 radical (unpaired) electrons. The fourth-order valence-electron chi connectivity index (χ4n) is 2.26. The predicted octanol–water partition coefficient (Wildman–Crippen LogP) is 2.76. The summed E-state index contributed by atoms with van der Waals surface area (Å²) < 4.78 is 0. The van der Waals surface area contributed by atoms with Gasteiger partial charge >= 0.3 is 0 Å². The number of carbonyl (C=O) groups is 1. The second-order valence-corrected chi connectivity index (χ2v) is 6.16. The van der Waals surface area contributed by atoms with E-state index in [4.69, 9.17) is 5.73 Å². The highest BCUT2D eigenvalue weighted by Crippen LogP contribution is 2.09. The highest BCUT2D eigenvalue weighted by Gasteiger charge is 2.15. The van der Waals surface area contributed by atoms with E-state index in [9.17, 15) is 4.79 Å². The first kappa shape index (κ1) is 15.7. The summed E-state index contributed by atoms with van der Waals surface area (Å²) in [4.78, 5) is 12.1. The fourth-order valence-corrected chi connectivity index (χ4v) is 2.94. The molecule has 0 saturated carbocycles.